The van der Waals surface area contributed by atoms with Crippen molar-refractivity contribution in [2.45, 2.75) is 18.7 Å². The maximum absolute atomic E-state index is 11.5. The highest BCUT2D eigenvalue weighted by atomic mass is 32.2. The minimum absolute atomic E-state index is 0.0317. The molecule has 92 valence electrons. The van der Waals surface area contributed by atoms with Crippen molar-refractivity contribution in [3.05, 3.63) is 23.3 Å². The number of nitrogen functional groups attached to an aromatic ring is 1. The predicted molar refractivity (Wildman–Crippen MR) is 73.5 cm³/mol. The molecule has 0 bridgehead atoms. The molecule has 1 atom stereocenters. The van der Waals surface area contributed by atoms with E-state index in [0.29, 0.717) is 23.0 Å². The summed E-state index contributed by atoms with van der Waals surface area (Å²) < 4.78 is 0. The van der Waals surface area contributed by atoms with E-state index in [9.17, 15) is 4.79 Å². The van der Waals surface area contributed by atoms with Crippen LogP contribution in [-0.2, 0) is 6.54 Å². The molecule has 5 heteroatoms. The van der Waals surface area contributed by atoms with E-state index in [0.717, 1.165) is 17.8 Å². The van der Waals surface area contributed by atoms with Gasteiger partial charge in [-0.2, -0.15) is 11.8 Å². The molecule has 0 saturated carbocycles. The van der Waals surface area contributed by atoms with Crippen molar-refractivity contribution in [2.24, 2.45) is 0 Å². The molecular weight excluding hydrogens is 234 g/mol. The summed E-state index contributed by atoms with van der Waals surface area (Å²) in [7, 11) is 0. The first kappa shape index (κ1) is 12.1. The number of benzene rings is 1. The number of carbonyl (C=O) groups excluding carboxylic acids is 1. The number of hydrogen-bond donors (Lipinski definition) is 3. The summed E-state index contributed by atoms with van der Waals surface area (Å²) in [5, 5.41) is 6.64. The van der Waals surface area contributed by atoms with Crippen LogP contribution in [-0.4, -0.2) is 24.0 Å². The fourth-order valence-corrected chi connectivity index (χ4v) is 2.03. The number of hydrogen-bond acceptors (Lipinski definition) is 4. The number of amides is 1. The van der Waals surface area contributed by atoms with Crippen molar-refractivity contribution in [1.82, 2.24) is 5.32 Å². The SMILES string of the molecule is CSC(C)CNc1cc2c(cc1N)C(=O)NC2. The first-order valence-corrected chi connectivity index (χ1v) is 6.88. The summed E-state index contributed by atoms with van der Waals surface area (Å²) in [6, 6.07) is 3.72. The summed E-state index contributed by atoms with van der Waals surface area (Å²) in [4.78, 5) is 11.5. The zero-order chi connectivity index (χ0) is 12.4. The second-order valence-corrected chi connectivity index (χ2v) is 5.48. The zero-order valence-corrected chi connectivity index (χ0v) is 10.9. The van der Waals surface area contributed by atoms with Crippen molar-refractivity contribution in [1.29, 1.82) is 0 Å². The molecule has 0 fully saturated rings. The van der Waals surface area contributed by atoms with Gasteiger partial charge in [-0.1, -0.05) is 6.92 Å². The van der Waals surface area contributed by atoms with E-state index in [1.165, 1.54) is 0 Å². The highest BCUT2D eigenvalue weighted by Crippen LogP contribution is 2.27. The number of carbonyl (C=O) groups is 1. The Bertz CT molecular complexity index is 448. The molecule has 0 radical (unpaired) electrons. The van der Waals surface area contributed by atoms with Gasteiger partial charge in [0.15, 0.2) is 0 Å². The second kappa shape index (κ2) is 4.87. The second-order valence-electron chi connectivity index (χ2n) is 4.21. The molecule has 4 nitrogen and oxygen atoms in total. The van der Waals surface area contributed by atoms with Crippen LogP contribution in [0.3, 0.4) is 0 Å². The summed E-state index contributed by atoms with van der Waals surface area (Å²) in [5.41, 5.74) is 9.20. The van der Waals surface area contributed by atoms with Gasteiger partial charge in [0.2, 0.25) is 0 Å². The van der Waals surface area contributed by atoms with E-state index in [2.05, 4.69) is 23.8 Å². The Labute approximate surface area is 105 Å². The highest BCUT2D eigenvalue weighted by molar-refractivity contribution is 7.99. The van der Waals surface area contributed by atoms with Gasteiger partial charge in [0.25, 0.3) is 5.91 Å². The van der Waals surface area contributed by atoms with Crippen molar-refractivity contribution < 1.29 is 4.79 Å². The summed E-state index contributed by atoms with van der Waals surface area (Å²) in [6.45, 7) is 3.62. The van der Waals surface area contributed by atoms with E-state index in [1.807, 2.05) is 6.07 Å². The largest absolute Gasteiger partial charge is 0.397 e. The van der Waals surface area contributed by atoms with Gasteiger partial charge in [0.1, 0.15) is 0 Å². The van der Waals surface area contributed by atoms with Crippen LogP contribution in [0.25, 0.3) is 0 Å². The zero-order valence-electron chi connectivity index (χ0n) is 10.0. The van der Waals surface area contributed by atoms with E-state index in [4.69, 9.17) is 5.73 Å². The third-order valence-electron chi connectivity index (χ3n) is 2.94. The van der Waals surface area contributed by atoms with Crippen molar-refractivity contribution >= 4 is 29.0 Å². The van der Waals surface area contributed by atoms with Gasteiger partial charge < -0.3 is 16.4 Å². The maximum atomic E-state index is 11.5. The summed E-state index contributed by atoms with van der Waals surface area (Å²) in [5.74, 6) is -0.0317. The van der Waals surface area contributed by atoms with Gasteiger partial charge in [0, 0.05) is 23.9 Å². The molecule has 1 aliphatic rings. The molecule has 0 saturated heterocycles. The van der Waals surface area contributed by atoms with E-state index >= 15 is 0 Å². The Hall–Kier alpha value is -1.36. The lowest BCUT2D eigenvalue weighted by molar-refractivity contribution is 0.0966. The molecule has 0 aliphatic carbocycles. The highest BCUT2D eigenvalue weighted by Gasteiger charge is 2.20. The quantitative estimate of drug-likeness (QED) is 0.712. The van der Waals surface area contributed by atoms with Crippen LogP contribution in [0.4, 0.5) is 11.4 Å². The lowest BCUT2D eigenvalue weighted by atomic mass is 10.1. The fourth-order valence-electron chi connectivity index (χ4n) is 1.78. The Morgan fingerprint density at radius 3 is 3.06 bits per heavy atom. The Morgan fingerprint density at radius 2 is 2.35 bits per heavy atom. The van der Waals surface area contributed by atoms with Crippen LogP contribution in [0, 0.1) is 0 Å². The van der Waals surface area contributed by atoms with Crippen LogP contribution in [0.1, 0.15) is 22.8 Å². The first-order valence-electron chi connectivity index (χ1n) is 5.59. The maximum Gasteiger partial charge on any atom is 0.251 e. The molecule has 1 aromatic carbocycles. The topological polar surface area (TPSA) is 67.1 Å². The van der Waals surface area contributed by atoms with Gasteiger partial charge >= 0.3 is 0 Å². The van der Waals surface area contributed by atoms with Crippen LogP contribution < -0.4 is 16.4 Å². The molecule has 1 amide bonds. The number of nitrogens with two attached hydrogens (primary N) is 1. The minimum atomic E-state index is -0.0317. The van der Waals surface area contributed by atoms with E-state index < -0.39 is 0 Å². The van der Waals surface area contributed by atoms with Gasteiger partial charge in [-0.15, -0.1) is 0 Å². The predicted octanol–water partition coefficient (Wildman–Crippen LogP) is 1.68. The molecule has 1 aromatic rings. The molecule has 1 unspecified atom stereocenters. The van der Waals surface area contributed by atoms with Gasteiger partial charge in [-0.05, 0) is 24.0 Å². The fraction of sp³-hybridized carbons (Fsp3) is 0.417. The lowest BCUT2D eigenvalue weighted by Gasteiger charge is -2.14. The van der Waals surface area contributed by atoms with Crippen LogP contribution >= 0.6 is 11.8 Å². The van der Waals surface area contributed by atoms with Crippen molar-refractivity contribution in [3.63, 3.8) is 0 Å². The molecule has 0 aromatic heterocycles. The average molecular weight is 251 g/mol. The molecule has 1 heterocycles. The monoisotopic (exact) mass is 251 g/mol. The molecule has 17 heavy (non-hydrogen) atoms. The molecule has 1 aliphatic heterocycles. The number of rotatable bonds is 4. The summed E-state index contributed by atoms with van der Waals surface area (Å²) >= 11 is 1.81. The molecule has 0 spiro atoms. The van der Waals surface area contributed by atoms with E-state index in [-0.39, 0.29) is 5.91 Å². The smallest absolute Gasteiger partial charge is 0.251 e. The average Bonchev–Trinajstić information content (AvgIpc) is 2.67. The Morgan fingerprint density at radius 1 is 1.59 bits per heavy atom. The Kier molecular flexibility index (Phi) is 3.47. The van der Waals surface area contributed by atoms with Crippen molar-refractivity contribution in [3.8, 4) is 0 Å². The number of thioether (sulfide) groups is 1. The van der Waals surface area contributed by atoms with Gasteiger partial charge in [-0.3, -0.25) is 4.79 Å². The standard InChI is InChI=1S/C12H17N3OS/c1-7(17-2)5-14-11-3-8-6-15-12(16)9(8)4-10(11)13/h3-4,7,14H,5-6,13H2,1-2H3,(H,15,16). The van der Waals surface area contributed by atoms with Crippen LogP contribution in [0.2, 0.25) is 0 Å². The summed E-state index contributed by atoms with van der Waals surface area (Å²) in [6.07, 6.45) is 2.08. The van der Waals surface area contributed by atoms with Gasteiger partial charge in [0.05, 0.1) is 11.4 Å². The number of anilines is 2. The number of fused-ring (bicyclic) bond motifs is 1. The van der Waals surface area contributed by atoms with E-state index in [1.54, 1.807) is 17.8 Å². The third kappa shape index (κ3) is 2.49. The minimum Gasteiger partial charge on any atom is -0.397 e. The van der Waals surface area contributed by atoms with Crippen molar-refractivity contribution in [2.75, 3.05) is 23.9 Å². The first-order chi connectivity index (χ1) is 8.11. The van der Waals surface area contributed by atoms with Crippen LogP contribution in [0.5, 0.6) is 0 Å². The Balaban J connectivity index is 2.16. The normalized spacial score (nSPS) is 15.3. The molecular formula is C12H17N3OS. The van der Waals surface area contributed by atoms with Crippen LogP contribution in [0.15, 0.2) is 12.1 Å². The molecule has 4 N–H and O–H groups in total. The third-order valence-corrected chi connectivity index (χ3v) is 3.91. The number of nitrogens with one attached hydrogen (secondary N) is 2. The molecule has 2 rings (SSSR count). The lowest BCUT2D eigenvalue weighted by Crippen LogP contribution is -2.14. The van der Waals surface area contributed by atoms with Gasteiger partial charge in [-0.25, -0.2) is 0 Å².